The monoisotopic (exact) mass is 566 g/mol. The average Bonchev–Trinajstić information content (AvgIpc) is 2.85. The van der Waals surface area contributed by atoms with Crippen LogP contribution in [0.1, 0.15) is 75.6 Å². The van der Waals surface area contributed by atoms with Crippen LogP contribution in [0.4, 0.5) is 10.5 Å². The van der Waals surface area contributed by atoms with Crippen molar-refractivity contribution in [2.45, 2.75) is 90.4 Å². The van der Waals surface area contributed by atoms with Crippen LogP contribution in [-0.4, -0.2) is 53.5 Å². The number of anilines is 1. The summed E-state index contributed by atoms with van der Waals surface area (Å²) in [5.74, 6) is -0.831. The first-order valence-corrected chi connectivity index (χ1v) is 13.9. The highest BCUT2D eigenvalue weighted by Crippen LogP contribution is 2.36. The van der Waals surface area contributed by atoms with Gasteiger partial charge in [0.25, 0.3) is 5.91 Å². The summed E-state index contributed by atoms with van der Waals surface area (Å²) in [4.78, 5) is 54.4. The van der Waals surface area contributed by atoms with Crippen molar-refractivity contribution >= 4 is 29.5 Å². The maximum absolute atomic E-state index is 14.3. The number of carbonyl (C=O) groups is 4. The van der Waals surface area contributed by atoms with Gasteiger partial charge in [-0.3, -0.25) is 14.4 Å². The van der Waals surface area contributed by atoms with Crippen LogP contribution >= 0.6 is 0 Å². The Hall–Kier alpha value is -4.08. The zero-order valence-corrected chi connectivity index (χ0v) is 24.8. The maximum Gasteiger partial charge on any atom is 0.408 e. The highest BCUT2D eigenvalue weighted by molar-refractivity contribution is 5.99. The molecule has 2 unspecified atom stereocenters. The van der Waals surface area contributed by atoms with Gasteiger partial charge >= 0.3 is 6.09 Å². The molecule has 1 saturated carbocycles. The molecule has 0 radical (unpaired) electrons. The number of hydrogen-bond acceptors (Lipinski definition) is 6. The second-order valence-electron chi connectivity index (χ2n) is 11.5. The highest BCUT2D eigenvalue weighted by atomic mass is 16.6. The minimum Gasteiger partial charge on any atom is -0.497 e. The van der Waals surface area contributed by atoms with Gasteiger partial charge < -0.3 is 30.7 Å². The molecule has 10 heteroatoms. The number of nitrogens with one attached hydrogen (secondary N) is 2. The largest absolute Gasteiger partial charge is 0.497 e. The predicted molar refractivity (Wildman–Crippen MR) is 156 cm³/mol. The molecule has 10 nitrogen and oxygen atoms in total. The number of hydrogen-bond donors (Lipinski definition) is 3. The van der Waals surface area contributed by atoms with Gasteiger partial charge in [0.1, 0.15) is 23.4 Å². The summed E-state index contributed by atoms with van der Waals surface area (Å²) in [6.45, 7) is 9.01. The van der Waals surface area contributed by atoms with E-state index in [1.165, 1.54) is 0 Å². The number of primary amides is 1. The number of alkyl carbamates (subject to hydrolysis) is 1. The number of nitrogens with two attached hydrogens (primary N) is 1. The van der Waals surface area contributed by atoms with E-state index in [1.807, 2.05) is 32.0 Å². The van der Waals surface area contributed by atoms with Gasteiger partial charge in [0.05, 0.1) is 7.11 Å². The van der Waals surface area contributed by atoms with Gasteiger partial charge in [-0.1, -0.05) is 23.8 Å². The fourth-order valence-corrected chi connectivity index (χ4v) is 4.79. The summed E-state index contributed by atoms with van der Waals surface area (Å²) < 4.78 is 10.6. The van der Waals surface area contributed by atoms with Crippen molar-refractivity contribution in [3.05, 3.63) is 59.2 Å². The summed E-state index contributed by atoms with van der Waals surface area (Å²) in [6.07, 6.45) is 1.36. The second kappa shape index (κ2) is 13.5. The molecule has 222 valence electrons. The molecule has 1 aliphatic rings. The number of benzene rings is 2. The van der Waals surface area contributed by atoms with Crippen LogP contribution in [0.3, 0.4) is 0 Å². The van der Waals surface area contributed by atoms with E-state index in [0.29, 0.717) is 29.8 Å². The average molecular weight is 567 g/mol. The molecule has 4 N–H and O–H groups in total. The molecule has 2 aromatic rings. The molecule has 1 fully saturated rings. The summed E-state index contributed by atoms with van der Waals surface area (Å²) in [7, 11) is 1.56. The molecule has 3 rings (SSSR count). The number of nitrogens with zero attached hydrogens (tertiary/aromatic N) is 1. The lowest BCUT2D eigenvalue weighted by Crippen LogP contribution is -2.57. The first kappa shape index (κ1) is 31.4. The van der Waals surface area contributed by atoms with E-state index in [-0.39, 0.29) is 18.9 Å². The zero-order valence-electron chi connectivity index (χ0n) is 24.8. The van der Waals surface area contributed by atoms with Gasteiger partial charge in [-0.15, -0.1) is 0 Å². The van der Waals surface area contributed by atoms with Crippen LogP contribution in [0.15, 0.2) is 42.5 Å². The molecule has 0 aliphatic heterocycles. The fraction of sp³-hybridized carbons (Fsp3) is 0.484. The third kappa shape index (κ3) is 8.70. The molecule has 0 saturated heterocycles. The number of aryl methyl sites for hydroxylation is 2. The topological polar surface area (TPSA) is 140 Å². The summed E-state index contributed by atoms with van der Waals surface area (Å²) in [5, 5.41) is 5.60. The van der Waals surface area contributed by atoms with Crippen molar-refractivity contribution in [1.82, 2.24) is 10.2 Å². The Balaban J connectivity index is 2.04. The highest BCUT2D eigenvalue weighted by Gasteiger charge is 2.42. The molecule has 2 atom stereocenters. The lowest BCUT2D eigenvalue weighted by molar-refractivity contribution is -0.146. The van der Waals surface area contributed by atoms with E-state index in [9.17, 15) is 19.2 Å². The van der Waals surface area contributed by atoms with Crippen LogP contribution in [0.5, 0.6) is 5.75 Å². The van der Waals surface area contributed by atoms with Gasteiger partial charge in [-0.25, -0.2) is 4.79 Å². The van der Waals surface area contributed by atoms with E-state index in [0.717, 1.165) is 17.5 Å². The van der Waals surface area contributed by atoms with Crippen molar-refractivity contribution in [1.29, 1.82) is 0 Å². The van der Waals surface area contributed by atoms with E-state index in [2.05, 4.69) is 10.6 Å². The number of methoxy groups -OCH3 is 1. The van der Waals surface area contributed by atoms with Gasteiger partial charge in [0.2, 0.25) is 11.8 Å². The summed E-state index contributed by atoms with van der Waals surface area (Å²) in [5.41, 5.74) is 7.70. The smallest absolute Gasteiger partial charge is 0.408 e. The van der Waals surface area contributed by atoms with Crippen molar-refractivity contribution in [3.8, 4) is 5.75 Å². The van der Waals surface area contributed by atoms with E-state index < -0.39 is 41.5 Å². The Labute approximate surface area is 241 Å². The number of rotatable bonds is 11. The SMILES string of the molecule is COc1ccc(NC(=O)C(c2ccc(C)cc2C)N(C(=O)C(CCC(N)=O)NC(=O)OC(C)(C)C)C2CCC2)cc1. The van der Waals surface area contributed by atoms with Gasteiger partial charge in [-0.05, 0) is 95.7 Å². The molecule has 0 spiro atoms. The Kier molecular flexibility index (Phi) is 10.4. The minimum absolute atomic E-state index is 0.0314. The summed E-state index contributed by atoms with van der Waals surface area (Å²) in [6, 6.07) is 10.3. The van der Waals surface area contributed by atoms with Crippen molar-refractivity contribution in [2.75, 3.05) is 12.4 Å². The molecule has 2 aromatic carbocycles. The van der Waals surface area contributed by atoms with Crippen molar-refractivity contribution in [2.24, 2.45) is 5.73 Å². The maximum atomic E-state index is 14.3. The zero-order chi connectivity index (χ0) is 30.3. The predicted octanol–water partition coefficient (Wildman–Crippen LogP) is 4.53. The third-order valence-corrected chi connectivity index (χ3v) is 7.00. The molecule has 1 aliphatic carbocycles. The quantitative estimate of drug-likeness (QED) is 0.365. The first-order chi connectivity index (χ1) is 19.3. The Morgan fingerprint density at radius 2 is 1.71 bits per heavy atom. The first-order valence-electron chi connectivity index (χ1n) is 13.9. The Morgan fingerprint density at radius 3 is 2.22 bits per heavy atom. The summed E-state index contributed by atoms with van der Waals surface area (Å²) >= 11 is 0. The number of amides is 4. The molecule has 41 heavy (non-hydrogen) atoms. The van der Waals surface area contributed by atoms with E-state index in [4.69, 9.17) is 15.2 Å². The minimum atomic E-state index is -1.13. The lowest BCUT2D eigenvalue weighted by Gasteiger charge is -2.44. The normalized spacial score (nSPS) is 14.7. The van der Waals surface area contributed by atoms with Crippen LogP contribution < -0.4 is 21.1 Å². The van der Waals surface area contributed by atoms with Crippen LogP contribution in [0, 0.1) is 13.8 Å². The Morgan fingerprint density at radius 1 is 1.05 bits per heavy atom. The van der Waals surface area contributed by atoms with Crippen LogP contribution in [-0.2, 0) is 19.1 Å². The fourth-order valence-electron chi connectivity index (χ4n) is 4.79. The van der Waals surface area contributed by atoms with Gasteiger partial charge in [0, 0.05) is 18.2 Å². The Bertz CT molecular complexity index is 1250. The molecular weight excluding hydrogens is 524 g/mol. The van der Waals surface area contributed by atoms with Crippen LogP contribution in [0.2, 0.25) is 0 Å². The van der Waals surface area contributed by atoms with E-state index >= 15 is 0 Å². The third-order valence-electron chi connectivity index (χ3n) is 7.00. The molecular formula is C31H42N4O6. The lowest BCUT2D eigenvalue weighted by atomic mass is 9.86. The van der Waals surface area contributed by atoms with Crippen molar-refractivity contribution in [3.63, 3.8) is 0 Å². The second-order valence-corrected chi connectivity index (χ2v) is 11.5. The molecule has 0 heterocycles. The van der Waals surface area contributed by atoms with E-state index in [1.54, 1.807) is 57.0 Å². The molecule has 4 amide bonds. The van der Waals surface area contributed by atoms with Gasteiger partial charge in [0.15, 0.2) is 0 Å². The standard InChI is InChI=1S/C31H42N4O6/c1-19-10-15-24(20(2)18-19)27(28(37)33-21-11-13-23(40-6)14-12-21)35(22-8-7-9-22)29(38)25(16-17-26(32)36)34-30(39)41-31(3,4)5/h10-15,18,22,25,27H,7-9,16-17H2,1-6H3,(H2,32,36)(H,33,37)(H,34,39). The molecule has 0 aromatic heterocycles. The number of carbonyl (C=O) groups excluding carboxylic acids is 4. The van der Waals surface area contributed by atoms with Gasteiger partial charge in [-0.2, -0.15) is 0 Å². The number of ether oxygens (including phenoxy) is 2. The molecule has 0 bridgehead atoms. The van der Waals surface area contributed by atoms with Crippen LogP contribution in [0.25, 0.3) is 0 Å². The van der Waals surface area contributed by atoms with Crippen molar-refractivity contribution < 1.29 is 28.7 Å².